The van der Waals surface area contributed by atoms with Gasteiger partial charge in [0.1, 0.15) is 5.82 Å². The molecule has 0 saturated heterocycles. The molecule has 1 aliphatic rings. The highest BCUT2D eigenvalue weighted by Crippen LogP contribution is 2.36. The minimum Gasteiger partial charge on any atom is -0.452 e. The Morgan fingerprint density at radius 1 is 1.19 bits per heavy atom. The number of anilines is 1. The maximum Gasteiger partial charge on any atom is 0.414 e. The Labute approximate surface area is 159 Å². The lowest BCUT2D eigenvalue weighted by molar-refractivity contribution is 0.175. The standard InChI is InChI=1S/C22H25N3O2/c1-15-9-11-17-18(25(15)22(26)27-3)12-13-19-21(17)23-20(24(19)2)14-10-16-7-5-4-6-8-16/h4-8,12-13,15H,9-11,14H2,1-3H3/t15-/m0/s1. The molecule has 1 amide bonds. The van der Waals surface area contributed by atoms with Crippen LogP contribution in [0.5, 0.6) is 0 Å². The summed E-state index contributed by atoms with van der Waals surface area (Å²) in [6, 6.07) is 14.7. The highest BCUT2D eigenvalue weighted by molar-refractivity contribution is 5.95. The van der Waals surface area contributed by atoms with Gasteiger partial charge in [0, 0.05) is 25.1 Å². The molecule has 140 valence electrons. The summed E-state index contributed by atoms with van der Waals surface area (Å²) >= 11 is 0. The third-order valence-corrected chi connectivity index (χ3v) is 5.59. The third-order valence-electron chi connectivity index (χ3n) is 5.59. The zero-order valence-corrected chi connectivity index (χ0v) is 16.1. The average Bonchev–Trinajstić information content (AvgIpc) is 3.02. The van der Waals surface area contributed by atoms with E-state index in [0.717, 1.165) is 53.8 Å². The molecular weight excluding hydrogens is 338 g/mol. The van der Waals surface area contributed by atoms with Crippen molar-refractivity contribution in [2.24, 2.45) is 7.05 Å². The number of nitrogens with zero attached hydrogens (tertiary/aromatic N) is 3. The van der Waals surface area contributed by atoms with E-state index in [2.05, 4.69) is 48.9 Å². The lowest BCUT2D eigenvalue weighted by Gasteiger charge is -2.34. The van der Waals surface area contributed by atoms with Crippen LogP contribution in [0.15, 0.2) is 42.5 Å². The van der Waals surface area contributed by atoms with E-state index >= 15 is 0 Å². The van der Waals surface area contributed by atoms with Crippen molar-refractivity contribution in [1.82, 2.24) is 9.55 Å². The van der Waals surface area contributed by atoms with Gasteiger partial charge in [0.2, 0.25) is 0 Å². The van der Waals surface area contributed by atoms with E-state index in [0.29, 0.717) is 0 Å². The van der Waals surface area contributed by atoms with Crippen LogP contribution in [0.2, 0.25) is 0 Å². The molecule has 5 nitrogen and oxygen atoms in total. The van der Waals surface area contributed by atoms with E-state index < -0.39 is 0 Å². The van der Waals surface area contributed by atoms with Gasteiger partial charge in [-0.1, -0.05) is 30.3 Å². The number of benzene rings is 2. The number of imidazole rings is 1. The first kappa shape index (κ1) is 17.6. The molecule has 0 radical (unpaired) electrons. The number of hydrogen-bond acceptors (Lipinski definition) is 3. The number of carbonyl (C=O) groups excluding carboxylic acids is 1. The van der Waals surface area contributed by atoms with Crippen LogP contribution in [0, 0.1) is 0 Å². The number of hydrogen-bond donors (Lipinski definition) is 0. The smallest absolute Gasteiger partial charge is 0.414 e. The molecule has 0 bridgehead atoms. The van der Waals surface area contributed by atoms with Crippen molar-refractivity contribution in [1.29, 1.82) is 0 Å². The van der Waals surface area contributed by atoms with Crippen molar-refractivity contribution in [2.75, 3.05) is 12.0 Å². The molecule has 0 fully saturated rings. The predicted octanol–water partition coefficient (Wildman–Crippen LogP) is 4.27. The molecule has 5 heteroatoms. The zero-order chi connectivity index (χ0) is 19.0. The van der Waals surface area contributed by atoms with Crippen molar-refractivity contribution < 1.29 is 9.53 Å². The summed E-state index contributed by atoms with van der Waals surface area (Å²) in [5.74, 6) is 1.07. The average molecular weight is 363 g/mol. The van der Waals surface area contributed by atoms with Gasteiger partial charge in [-0.3, -0.25) is 4.90 Å². The Balaban J connectivity index is 1.71. The Bertz CT molecular complexity index is 978. The van der Waals surface area contributed by atoms with Gasteiger partial charge in [0.05, 0.1) is 23.8 Å². The fourth-order valence-corrected chi connectivity index (χ4v) is 4.04. The van der Waals surface area contributed by atoms with Gasteiger partial charge < -0.3 is 9.30 Å². The quantitative estimate of drug-likeness (QED) is 0.698. The monoisotopic (exact) mass is 363 g/mol. The summed E-state index contributed by atoms with van der Waals surface area (Å²) in [4.78, 5) is 19.0. The van der Waals surface area contributed by atoms with Gasteiger partial charge in [0.15, 0.2) is 0 Å². The van der Waals surface area contributed by atoms with Gasteiger partial charge in [-0.15, -0.1) is 0 Å². The van der Waals surface area contributed by atoms with Crippen LogP contribution in [0.25, 0.3) is 11.0 Å². The first-order chi connectivity index (χ1) is 13.1. The summed E-state index contributed by atoms with van der Waals surface area (Å²) in [6.07, 6.45) is 3.39. The van der Waals surface area contributed by atoms with Crippen molar-refractivity contribution in [3.63, 3.8) is 0 Å². The molecule has 2 aromatic carbocycles. The molecule has 1 aliphatic heterocycles. The number of aryl methyl sites for hydroxylation is 4. The molecule has 0 N–H and O–H groups in total. The minimum atomic E-state index is -0.303. The molecular formula is C22H25N3O2. The number of carbonyl (C=O) groups is 1. The molecule has 0 aliphatic carbocycles. The first-order valence-electron chi connectivity index (χ1n) is 9.48. The summed E-state index contributed by atoms with van der Waals surface area (Å²) in [5.41, 5.74) is 5.53. The molecule has 2 heterocycles. The van der Waals surface area contributed by atoms with Crippen molar-refractivity contribution in [3.05, 3.63) is 59.4 Å². The predicted molar refractivity (Wildman–Crippen MR) is 107 cm³/mol. The molecule has 3 aromatic rings. The number of aromatic nitrogens is 2. The fraction of sp³-hybridized carbons (Fsp3) is 0.364. The molecule has 27 heavy (non-hydrogen) atoms. The summed E-state index contributed by atoms with van der Waals surface area (Å²) < 4.78 is 7.19. The van der Waals surface area contributed by atoms with E-state index in [-0.39, 0.29) is 12.1 Å². The van der Waals surface area contributed by atoms with Gasteiger partial charge in [-0.25, -0.2) is 9.78 Å². The molecule has 0 spiro atoms. The lowest BCUT2D eigenvalue weighted by atomic mass is 9.96. The van der Waals surface area contributed by atoms with E-state index in [1.807, 2.05) is 12.1 Å². The van der Waals surface area contributed by atoms with Crippen LogP contribution < -0.4 is 4.90 Å². The number of rotatable bonds is 3. The normalized spacial score (nSPS) is 16.4. The maximum absolute atomic E-state index is 12.3. The topological polar surface area (TPSA) is 47.4 Å². The molecule has 4 rings (SSSR count). The van der Waals surface area contributed by atoms with Crippen LogP contribution in [-0.4, -0.2) is 28.8 Å². The third kappa shape index (κ3) is 3.07. The van der Waals surface area contributed by atoms with Crippen LogP contribution in [0.1, 0.15) is 30.3 Å². The molecule has 0 unspecified atom stereocenters. The van der Waals surface area contributed by atoms with Crippen molar-refractivity contribution >= 4 is 22.8 Å². The first-order valence-corrected chi connectivity index (χ1v) is 9.48. The summed E-state index contributed by atoms with van der Waals surface area (Å²) in [5, 5.41) is 0. The molecule has 1 aromatic heterocycles. The minimum absolute atomic E-state index is 0.128. The fourth-order valence-electron chi connectivity index (χ4n) is 4.04. The van der Waals surface area contributed by atoms with Crippen molar-refractivity contribution in [3.8, 4) is 0 Å². The van der Waals surface area contributed by atoms with E-state index in [1.165, 1.54) is 12.7 Å². The second-order valence-electron chi connectivity index (χ2n) is 7.23. The summed E-state index contributed by atoms with van der Waals surface area (Å²) in [6.45, 7) is 2.06. The number of fused-ring (bicyclic) bond motifs is 3. The highest BCUT2D eigenvalue weighted by Gasteiger charge is 2.31. The Hall–Kier alpha value is -2.82. The van der Waals surface area contributed by atoms with Crippen LogP contribution >= 0.6 is 0 Å². The van der Waals surface area contributed by atoms with Gasteiger partial charge in [-0.05, 0) is 43.9 Å². The van der Waals surface area contributed by atoms with Crippen LogP contribution in [-0.2, 0) is 31.0 Å². The zero-order valence-electron chi connectivity index (χ0n) is 16.1. The van der Waals surface area contributed by atoms with Gasteiger partial charge in [0.25, 0.3) is 0 Å². The van der Waals surface area contributed by atoms with Crippen LogP contribution in [0.4, 0.5) is 10.5 Å². The molecule has 1 atom stereocenters. The molecule has 0 saturated carbocycles. The van der Waals surface area contributed by atoms with Crippen molar-refractivity contribution in [2.45, 2.75) is 38.6 Å². The second-order valence-corrected chi connectivity index (χ2v) is 7.23. The van der Waals surface area contributed by atoms with Crippen LogP contribution in [0.3, 0.4) is 0 Å². The van der Waals surface area contributed by atoms with Gasteiger partial charge in [-0.2, -0.15) is 0 Å². The lowest BCUT2D eigenvalue weighted by Crippen LogP contribution is -2.42. The number of amides is 1. The Morgan fingerprint density at radius 2 is 1.96 bits per heavy atom. The van der Waals surface area contributed by atoms with E-state index in [1.54, 1.807) is 4.90 Å². The largest absolute Gasteiger partial charge is 0.452 e. The maximum atomic E-state index is 12.3. The Kier molecular flexibility index (Phi) is 4.60. The SMILES string of the molecule is COC(=O)N1c2ccc3c(nc(CCc4ccccc4)n3C)c2CC[C@@H]1C. The Morgan fingerprint density at radius 3 is 2.70 bits per heavy atom. The number of methoxy groups -OCH3 is 1. The highest BCUT2D eigenvalue weighted by atomic mass is 16.5. The van der Waals surface area contributed by atoms with Gasteiger partial charge >= 0.3 is 6.09 Å². The number of ether oxygens (including phenoxy) is 1. The summed E-state index contributed by atoms with van der Waals surface area (Å²) in [7, 11) is 3.51. The van der Waals surface area contributed by atoms with E-state index in [4.69, 9.17) is 9.72 Å². The van der Waals surface area contributed by atoms with E-state index in [9.17, 15) is 4.79 Å². The second kappa shape index (κ2) is 7.06.